The summed E-state index contributed by atoms with van der Waals surface area (Å²) in [6.45, 7) is 4.98. The average molecular weight is 438 g/mol. The third-order valence-electron chi connectivity index (χ3n) is 4.33. The topological polar surface area (TPSA) is 95.6 Å². The van der Waals surface area contributed by atoms with Crippen molar-refractivity contribution in [2.24, 2.45) is 0 Å². The first-order valence-corrected chi connectivity index (χ1v) is 10.8. The van der Waals surface area contributed by atoms with E-state index >= 15 is 0 Å². The average Bonchev–Trinajstić information content (AvgIpc) is 2.64. The number of amides is 2. The van der Waals surface area contributed by atoms with Gasteiger partial charge in [0.1, 0.15) is 0 Å². The third-order valence-corrected chi connectivity index (χ3v) is 6.14. The summed E-state index contributed by atoms with van der Waals surface area (Å²) in [5.74, 6) is -0.898. The van der Waals surface area contributed by atoms with Gasteiger partial charge >= 0.3 is 0 Å². The Bertz CT molecular complexity index is 987. The Hall–Kier alpha value is -2.42. The lowest BCUT2D eigenvalue weighted by molar-refractivity contribution is -0.134. The molecule has 0 aliphatic heterocycles. The van der Waals surface area contributed by atoms with Crippen LogP contribution < -0.4 is 10.0 Å². The van der Waals surface area contributed by atoms with Gasteiger partial charge in [-0.3, -0.25) is 9.59 Å². The van der Waals surface area contributed by atoms with Crippen LogP contribution in [0, 0.1) is 13.8 Å². The van der Waals surface area contributed by atoms with Gasteiger partial charge in [0, 0.05) is 17.8 Å². The molecule has 0 unspecified atom stereocenters. The number of rotatable bonds is 7. The number of nitrogens with one attached hydrogen (secondary N) is 2. The summed E-state index contributed by atoms with van der Waals surface area (Å²) in [6, 6.07) is 10.2. The van der Waals surface area contributed by atoms with E-state index in [2.05, 4.69) is 10.0 Å². The lowest BCUT2D eigenvalue weighted by atomic mass is 10.1. The van der Waals surface area contributed by atoms with E-state index in [1.54, 1.807) is 0 Å². The van der Waals surface area contributed by atoms with Crippen LogP contribution in [0.2, 0.25) is 5.02 Å². The Morgan fingerprint density at radius 2 is 1.62 bits per heavy atom. The van der Waals surface area contributed by atoms with Gasteiger partial charge in [-0.05, 0) is 56.2 Å². The number of nitrogens with zero attached hydrogens (tertiary/aromatic N) is 1. The highest BCUT2D eigenvalue weighted by molar-refractivity contribution is 7.89. The van der Waals surface area contributed by atoms with Gasteiger partial charge in [-0.1, -0.05) is 29.8 Å². The monoisotopic (exact) mass is 437 g/mol. The van der Waals surface area contributed by atoms with E-state index in [-0.39, 0.29) is 17.3 Å². The summed E-state index contributed by atoms with van der Waals surface area (Å²) >= 11 is 5.77. The fraction of sp³-hybridized carbons (Fsp3) is 0.300. The van der Waals surface area contributed by atoms with E-state index < -0.39 is 22.0 Å². The van der Waals surface area contributed by atoms with Crippen LogP contribution >= 0.6 is 11.6 Å². The summed E-state index contributed by atoms with van der Waals surface area (Å²) in [6.07, 6.45) is 0. The minimum absolute atomic E-state index is 0.00280. The van der Waals surface area contributed by atoms with E-state index in [1.165, 1.54) is 43.1 Å². The predicted octanol–water partition coefficient (Wildman–Crippen LogP) is 2.72. The lowest BCUT2D eigenvalue weighted by Crippen LogP contribution is -2.47. The van der Waals surface area contributed by atoms with Crippen LogP contribution in [0.25, 0.3) is 0 Å². The van der Waals surface area contributed by atoms with Crippen molar-refractivity contribution in [1.82, 2.24) is 9.62 Å². The van der Waals surface area contributed by atoms with E-state index in [1.807, 2.05) is 32.0 Å². The van der Waals surface area contributed by atoms with Crippen LogP contribution in [0.3, 0.4) is 0 Å². The standard InChI is InChI=1S/C20H24ClN3O4S/c1-13-6-5-7-14(2)19(13)22-18(25)12-24(4)20(26)15(3)23-29(27,28)17-10-8-16(21)9-11-17/h5-11,15,23H,12H2,1-4H3,(H,22,25)/t15-/m0/s1. The molecule has 0 aliphatic carbocycles. The second kappa shape index (κ2) is 9.39. The molecule has 2 amide bonds. The number of aryl methyl sites for hydroxylation is 2. The molecule has 1 atom stereocenters. The Labute approximate surface area is 176 Å². The number of likely N-dealkylation sites (N-methyl/N-ethyl adjacent to an activating group) is 1. The van der Waals surface area contributed by atoms with Gasteiger partial charge in [-0.2, -0.15) is 4.72 Å². The van der Waals surface area contributed by atoms with Gasteiger partial charge < -0.3 is 10.2 Å². The summed E-state index contributed by atoms with van der Waals surface area (Å²) in [5.41, 5.74) is 2.53. The highest BCUT2D eigenvalue weighted by atomic mass is 35.5. The molecule has 7 nitrogen and oxygen atoms in total. The zero-order valence-corrected chi connectivity index (χ0v) is 18.3. The Morgan fingerprint density at radius 3 is 2.17 bits per heavy atom. The van der Waals surface area contributed by atoms with Gasteiger partial charge in [0.2, 0.25) is 21.8 Å². The Kier molecular flexibility index (Phi) is 7.40. The fourth-order valence-electron chi connectivity index (χ4n) is 2.78. The highest BCUT2D eigenvalue weighted by Crippen LogP contribution is 2.19. The minimum Gasteiger partial charge on any atom is -0.335 e. The number of sulfonamides is 1. The number of benzene rings is 2. The van der Waals surface area contributed by atoms with Crippen molar-refractivity contribution < 1.29 is 18.0 Å². The molecule has 0 radical (unpaired) electrons. The number of halogens is 1. The molecule has 0 fully saturated rings. The van der Waals surface area contributed by atoms with Gasteiger partial charge in [-0.15, -0.1) is 0 Å². The molecule has 0 bridgehead atoms. The Morgan fingerprint density at radius 1 is 1.07 bits per heavy atom. The van der Waals surface area contributed by atoms with Crippen LogP contribution in [-0.2, 0) is 19.6 Å². The van der Waals surface area contributed by atoms with Crippen molar-refractivity contribution in [1.29, 1.82) is 0 Å². The number of anilines is 1. The van der Waals surface area contributed by atoms with E-state index in [9.17, 15) is 18.0 Å². The third kappa shape index (κ3) is 6.03. The van der Waals surface area contributed by atoms with Gasteiger partial charge in [0.15, 0.2) is 0 Å². The molecule has 0 saturated carbocycles. The first kappa shape index (κ1) is 22.9. The van der Waals surface area contributed by atoms with Crippen LogP contribution in [-0.4, -0.2) is 44.8 Å². The molecule has 29 heavy (non-hydrogen) atoms. The first-order chi connectivity index (χ1) is 13.5. The highest BCUT2D eigenvalue weighted by Gasteiger charge is 2.25. The maximum Gasteiger partial charge on any atom is 0.243 e. The summed E-state index contributed by atoms with van der Waals surface area (Å²) in [7, 11) is -2.46. The van der Waals surface area contributed by atoms with Crippen molar-refractivity contribution >= 4 is 39.1 Å². The SMILES string of the molecule is Cc1cccc(C)c1NC(=O)CN(C)C(=O)[C@H](C)NS(=O)(=O)c1ccc(Cl)cc1. The van der Waals surface area contributed by atoms with Crippen molar-refractivity contribution in [2.45, 2.75) is 31.7 Å². The van der Waals surface area contributed by atoms with Crippen molar-refractivity contribution in [3.05, 3.63) is 58.6 Å². The zero-order valence-electron chi connectivity index (χ0n) is 16.7. The number of carbonyl (C=O) groups excluding carboxylic acids is 2. The molecule has 9 heteroatoms. The molecular weight excluding hydrogens is 414 g/mol. The zero-order chi connectivity index (χ0) is 21.8. The van der Waals surface area contributed by atoms with E-state index in [4.69, 9.17) is 11.6 Å². The van der Waals surface area contributed by atoms with Crippen LogP contribution in [0.5, 0.6) is 0 Å². The molecule has 0 heterocycles. The number of carbonyl (C=O) groups is 2. The predicted molar refractivity (Wildman–Crippen MR) is 113 cm³/mol. The second-order valence-electron chi connectivity index (χ2n) is 6.81. The number of para-hydroxylation sites is 1. The first-order valence-electron chi connectivity index (χ1n) is 8.90. The molecule has 0 saturated heterocycles. The quantitative estimate of drug-likeness (QED) is 0.696. The van der Waals surface area contributed by atoms with E-state index in [0.717, 1.165) is 11.1 Å². The second-order valence-corrected chi connectivity index (χ2v) is 8.96. The molecule has 2 aromatic carbocycles. The van der Waals surface area contributed by atoms with Crippen molar-refractivity contribution in [3.8, 4) is 0 Å². The maximum absolute atomic E-state index is 12.5. The molecule has 0 aromatic heterocycles. The smallest absolute Gasteiger partial charge is 0.243 e. The van der Waals surface area contributed by atoms with Gasteiger partial charge in [0.25, 0.3) is 0 Å². The lowest BCUT2D eigenvalue weighted by Gasteiger charge is -2.22. The van der Waals surface area contributed by atoms with Gasteiger partial charge in [-0.25, -0.2) is 8.42 Å². The molecule has 2 N–H and O–H groups in total. The summed E-state index contributed by atoms with van der Waals surface area (Å²) in [5, 5.41) is 3.20. The maximum atomic E-state index is 12.5. The van der Waals surface area contributed by atoms with Crippen molar-refractivity contribution in [3.63, 3.8) is 0 Å². The molecule has 0 spiro atoms. The molecule has 2 aromatic rings. The van der Waals surface area contributed by atoms with Crippen LogP contribution in [0.4, 0.5) is 5.69 Å². The number of hydrogen-bond donors (Lipinski definition) is 2. The Balaban J connectivity index is 1.99. The molecular formula is C20H24ClN3O4S. The summed E-state index contributed by atoms with van der Waals surface area (Å²) < 4.78 is 27.2. The fourth-order valence-corrected chi connectivity index (χ4v) is 4.10. The molecule has 0 aliphatic rings. The van der Waals surface area contributed by atoms with Gasteiger partial charge in [0.05, 0.1) is 17.5 Å². The normalized spacial score (nSPS) is 12.3. The number of hydrogen-bond acceptors (Lipinski definition) is 4. The van der Waals surface area contributed by atoms with Crippen LogP contribution in [0.15, 0.2) is 47.4 Å². The van der Waals surface area contributed by atoms with Crippen LogP contribution in [0.1, 0.15) is 18.1 Å². The largest absolute Gasteiger partial charge is 0.335 e. The molecule has 2 rings (SSSR count). The minimum atomic E-state index is -3.90. The summed E-state index contributed by atoms with van der Waals surface area (Å²) in [4.78, 5) is 26.0. The van der Waals surface area contributed by atoms with Crippen molar-refractivity contribution in [2.75, 3.05) is 18.9 Å². The van der Waals surface area contributed by atoms with E-state index in [0.29, 0.717) is 10.7 Å². The molecule has 156 valence electrons.